The second-order valence-electron chi connectivity index (χ2n) is 5.69. The van der Waals surface area contributed by atoms with Crippen molar-refractivity contribution in [3.63, 3.8) is 0 Å². The lowest BCUT2D eigenvalue weighted by molar-refractivity contribution is 0.534. The Kier molecular flexibility index (Phi) is 4.09. The Morgan fingerprint density at radius 1 is 1.20 bits per heavy atom. The van der Waals surface area contributed by atoms with Crippen LogP contribution in [0.3, 0.4) is 0 Å². The molecule has 0 amide bonds. The van der Waals surface area contributed by atoms with E-state index < -0.39 is 0 Å². The topological polar surface area (TPSA) is 69.6 Å². The third-order valence-electron chi connectivity index (χ3n) is 4.25. The summed E-state index contributed by atoms with van der Waals surface area (Å²) in [5, 5.41) is 11.6. The molecule has 0 atom stereocenters. The van der Waals surface area contributed by atoms with Gasteiger partial charge >= 0.3 is 0 Å². The summed E-state index contributed by atoms with van der Waals surface area (Å²) in [4.78, 5) is 11.2. The van der Waals surface area contributed by atoms with Crippen LogP contribution >= 0.6 is 23.1 Å². The summed E-state index contributed by atoms with van der Waals surface area (Å²) >= 11 is 3.23. The summed E-state index contributed by atoms with van der Waals surface area (Å²) in [6.45, 7) is 9.02. The van der Waals surface area contributed by atoms with Gasteiger partial charge in [0.2, 0.25) is 0 Å². The van der Waals surface area contributed by atoms with Crippen molar-refractivity contribution in [2.75, 3.05) is 0 Å². The van der Waals surface area contributed by atoms with Gasteiger partial charge in [-0.3, -0.25) is 0 Å². The number of aryl methyl sites for hydroxylation is 3. The van der Waals surface area contributed by atoms with Gasteiger partial charge in [-0.1, -0.05) is 0 Å². The summed E-state index contributed by atoms with van der Waals surface area (Å²) in [6.07, 6.45) is 3.30. The van der Waals surface area contributed by atoms with E-state index in [0.29, 0.717) is 0 Å². The molecule has 8 heteroatoms. The van der Waals surface area contributed by atoms with Crippen molar-refractivity contribution in [2.24, 2.45) is 0 Å². The zero-order chi connectivity index (χ0) is 17.6. The summed E-state index contributed by atoms with van der Waals surface area (Å²) in [7, 11) is 0. The van der Waals surface area contributed by atoms with Crippen LogP contribution in [0.1, 0.15) is 23.1 Å². The average molecular weight is 371 g/mol. The van der Waals surface area contributed by atoms with Gasteiger partial charge in [0.15, 0.2) is 11.0 Å². The highest BCUT2D eigenvalue weighted by atomic mass is 32.2. The van der Waals surface area contributed by atoms with E-state index in [1.807, 2.05) is 13.0 Å². The summed E-state index contributed by atoms with van der Waals surface area (Å²) in [5.74, 6) is 1.66. The van der Waals surface area contributed by atoms with Gasteiger partial charge in [0.1, 0.15) is 21.9 Å². The monoisotopic (exact) mass is 371 g/mol. The summed E-state index contributed by atoms with van der Waals surface area (Å²) in [5.41, 5.74) is 2.20. The van der Waals surface area contributed by atoms with Gasteiger partial charge in [-0.05, 0) is 51.1 Å². The third-order valence-corrected chi connectivity index (χ3v) is 6.35. The first kappa shape index (κ1) is 16.3. The minimum Gasteiger partial charge on any atom is -0.469 e. The zero-order valence-electron chi connectivity index (χ0n) is 14.4. The zero-order valence-corrected chi connectivity index (χ0v) is 16.0. The lowest BCUT2D eigenvalue weighted by Gasteiger charge is -2.07. The molecule has 4 heterocycles. The van der Waals surface area contributed by atoms with Crippen molar-refractivity contribution in [1.29, 1.82) is 0 Å². The first-order chi connectivity index (χ1) is 12.1. The highest BCUT2D eigenvalue weighted by molar-refractivity contribution is 7.99. The smallest absolute Gasteiger partial charge is 0.197 e. The Hall–Kier alpha value is -2.19. The van der Waals surface area contributed by atoms with E-state index in [-0.39, 0.29) is 0 Å². The summed E-state index contributed by atoms with van der Waals surface area (Å²) in [6, 6.07) is 1.93. The van der Waals surface area contributed by atoms with Crippen LogP contribution < -0.4 is 0 Å². The van der Waals surface area contributed by atoms with Crippen LogP contribution in [0.5, 0.6) is 0 Å². The Morgan fingerprint density at radius 2 is 2.04 bits per heavy atom. The first-order valence-electron chi connectivity index (χ1n) is 7.96. The van der Waals surface area contributed by atoms with Crippen molar-refractivity contribution >= 4 is 33.3 Å². The first-order valence-corrected chi connectivity index (χ1v) is 9.59. The number of fused-ring (bicyclic) bond motifs is 1. The molecule has 0 aromatic carbocycles. The molecule has 4 rings (SSSR count). The van der Waals surface area contributed by atoms with Crippen LogP contribution in [0, 0.1) is 20.8 Å². The van der Waals surface area contributed by atoms with E-state index in [1.54, 1.807) is 23.9 Å². The molecule has 4 aromatic rings. The molecule has 25 heavy (non-hydrogen) atoms. The number of aromatic nitrogens is 5. The molecule has 0 saturated heterocycles. The molecular weight excluding hydrogens is 354 g/mol. The molecule has 0 spiro atoms. The maximum atomic E-state index is 5.41. The molecule has 0 radical (unpaired) electrons. The molecule has 0 aliphatic carbocycles. The van der Waals surface area contributed by atoms with Crippen molar-refractivity contribution in [2.45, 2.75) is 44.4 Å². The van der Waals surface area contributed by atoms with Gasteiger partial charge in [-0.15, -0.1) is 21.5 Å². The predicted octanol–water partition coefficient (Wildman–Crippen LogP) is 4.64. The van der Waals surface area contributed by atoms with Gasteiger partial charge in [-0.2, -0.15) is 0 Å². The van der Waals surface area contributed by atoms with Gasteiger partial charge in [0.25, 0.3) is 0 Å². The number of thiophene rings is 1. The van der Waals surface area contributed by atoms with Crippen molar-refractivity contribution in [3.05, 3.63) is 34.9 Å². The number of nitrogens with zero attached hydrogens (tertiary/aromatic N) is 5. The van der Waals surface area contributed by atoms with Crippen LogP contribution in [0.4, 0.5) is 0 Å². The van der Waals surface area contributed by atoms with Crippen LogP contribution in [0.2, 0.25) is 0 Å². The van der Waals surface area contributed by atoms with Crippen LogP contribution in [0.15, 0.2) is 33.3 Å². The Balaban J connectivity index is 1.80. The summed E-state index contributed by atoms with van der Waals surface area (Å²) < 4.78 is 7.50. The molecule has 0 saturated carbocycles. The normalized spacial score (nSPS) is 11.5. The minimum absolute atomic E-state index is 0.769. The molecule has 0 unspecified atom stereocenters. The van der Waals surface area contributed by atoms with Crippen LogP contribution in [0.25, 0.3) is 21.6 Å². The number of hydrogen-bond acceptors (Lipinski definition) is 7. The lowest BCUT2D eigenvalue weighted by atomic mass is 10.2. The van der Waals surface area contributed by atoms with E-state index in [1.165, 1.54) is 22.2 Å². The molecule has 0 fully saturated rings. The number of furan rings is 1. The molecular formula is C17H17N5OS2. The Labute approximate surface area is 153 Å². The Morgan fingerprint density at radius 3 is 2.76 bits per heavy atom. The van der Waals surface area contributed by atoms with Gasteiger partial charge in [0.05, 0.1) is 11.8 Å². The fraction of sp³-hybridized carbons (Fsp3) is 0.294. The van der Waals surface area contributed by atoms with Crippen LogP contribution in [-0.2, 0) is 6.54 Å². The van der Waals surface area contributed by atoms with E-state index in [4.69, 9.17) is 4.42 Å². The fourth-order valence-electron chi connectivity index (χ4n) is 2.78. The molecule has 4 aromatic heterocycles. The maximum absolute atomic E-state index is 5.41. The average Bonchev–Trinajstić information content (AvgIpc) is 3.26. The number of rotatable bonds is 4. The van der Waals surface area contributed by atoms with Gasteiger partial charge < -0.3 is 8.98 Å². The molecule has 128 valence electrons. The highest BCUT2D eigenvalue weighted by Gasteiger charge is 2.19. The van der Waals surface area contributed by atoms with E-state index >= 15 is 0 Å². The minimum atomic E-state index is 0.769. The lowest BCUT2D eigenvalue weighted by Crippen LogP contribution is -2.00. The SMILES string of the molecule is CCn1c(Sc2ncnc3sc(C)c(C)c23)nnc1-c1ccoc1C. The van der Waals surface area contributed by atoms with Gasteiger partial charge in [0, 0.05) is 16.8 Å². The fourth-order valence-corrected chi connectivity index (χ4v) is 4.87. The largest absolute Gasteiger partial charge is 0.469 e. The van der Waals surface area contributed by atoms with Crippen molar-refractivity contribution in [3.8, 4) is 11.4 Å². The second kappa shape index (κ2) is 6.27. The third kappa shape index (κ3) is 2.65. The quantitative estimate of drug-likeness (QED) is 0.487. The molecule has 0 aliphatic heterocycles. The molecule has 6 nitrogen and oxygen atoms in total. The van der Waals surface area contributed by atoms with E-state index in [9.17, 15) is 0 Å². The molecule has 0 bridgehead atoms. The molecule has 0 aliphatic rings. The van der Waals surface area contributed by atoms with Crippen LogP contribution in [-0.4, -0.2) is 24.7 Å². The standard InChI is InChI=1S/C17H17N5OS2/c1-5-22-14(12-6-7-23-10(12)3)20-21-17(22)25-16-13-9(2)11(4)24-15(13)18-8-19-16/h6-8H,5H2,1-4H3. The van der Waals surface area contributed by atoms with E-state index in [2.05, 4.69) is 45.5 Å². The maximum Gasteiger partial charge on any atom is 0.197 e. The predicted molar refractivity (Wildman–Crippen MR) is 99.1 cm³/mol. The molecule has 0 N–H and O–H groups in total. The highest BCUT2D eigenvalue weighted by Crippen LogP contribution is 2.37. The van der Waals surface area contributed by atoms with Crippen molar-refractivity contribution in [1.82, 2.24) is 24.7 Å². The van der Waals surface area contributed by atoms with Gasteiger partial charge in [-0.25, -0.2) is 9.97 Å². The Bertz CT molecular complexity index is 1060. The van der Waals surface area contributed by atoms with E-state index in [0.717, 1.165) is 44.1 Å². The number of hydrogen-bond donors (Lipinski definition) is 0. The second-order valence-corrected chi connectivity index (χ2v) is 7.84. The van der Waals surface area contributed by atoms with Crippen molar-refractivity contribution < 1.29 is 4.42 Å².